The standard InChI is InChI=1S/C11H21NO5/c1-6-5-7(8(13)9(14)16-6)12-10(15)17-11(2,3)4/h6-9,13-14H,5H2,1-4H3,(H,12,15)/t6-,7+,8-,9+/m1/s1. The third kappa shape index (κ3) is 4.49. The molecule has 17 heavy (non-hydrogen) atoms. The molecule has 100 valence electrons. The highest BCUT2D eigenvalue weighted by molar-refractivity contribution is 5.68. The number of rotatable bonds is 1. The summed E-state index contributed by atoms with van der Waals surface area (Å²) in [6.07, 6.45) is -2.83. The van der Waals surface area contributed by atoms with Gasteiger partial charge in [0.05, 0.1) is 12.1 Å². The Morgan fingerprint density at radius 1 is 1.41 bits per heavy atom. The Kier molecular flexibility index (Phi) is 4.35. The highest BCUT2D eigenvalue weighted by Gasteiger charge is 2.36. The first-order chi connectivity index (χ1) is 7.69. The molecular formula is C11H21NO5. The molecule has 6 nitrogen and oxygen atoms in total. The topological polar surface area (TPSA) is 88.0 Å². The first-order valence-electron chi connectivity index (χ1n) is 5.70. The minimum Gasteiger partial charge on any atom is -0.444 e. The van der Waals surface area contributed by atoms with Gasteiger partial charge >= 0.3 is 6.09 Å². The number of hydrogen-bond donors (Lipinski definition) is 3. The van der Waals surface area contributed by atoms with Gasteiger partial charge in [-0.25, -0.2) is 4.79 Å². The summed E-state index contributed by atoms with van der Waals surface area (Å²) in [6, 6.07) is -0.566. The molecule has 1 fully saturated rings. The molecule has 1 heterocycles. The van der Waals surface area contributed by atoms with Crippen LogP contribution >= 0.6 is 0 Å². The minimum absolute atomic E-state index is 0.228. The van der Waals surface area contributed by atoms with Gasteiger partial charge in [-0.05, 0) is 34.1 Å². The van der Waals surface area contributed by atoms with Crippen molar-refractivity contribution in [1.29, 1.82) is 0 Å². The van der Waals surface area contributed by atoms with E-state index in [4.69, 9.17) is 9.47 Å². The van der Waals surface area contributed by atoms with E-state index in [-0.39, 0.29) is 6.10 Å². The van der Waals surface area contributed by atoms with Gasteiger partial charge in [0.25, 0.3) is 0 Å². The number of ether oxygens (including phenoxy) is 2. The van der Waals surface area contributed by atoms with Crippen LogP contribution in [0.2, 0.25) is 0 Å². The van der Waals surface area contributed by atoms with Gasteiger partial charge in [0.1, 0.15) is 11.7 Å². The van der Waals surface area contributed by atoms with Crippen LogP contribution in [0.25, 0.3) is 0 Å². The van der Waals surface area contributed by atoms with Crippen LogP contribution in [0.15, 0.2) is 0 Å². The fraction of sp³-hybridized carbons (Fsp3) is 0.909. The monoisotopic (exact) mass is 247 g/mol. The van der Waals surface area contributed by atoms with Crippen molar-refractivity contribution in [3.05, 3.63) is 0 Å². The molecule has 1 aliphatic rings. The van der Waals surface area contributed by atoms with Crippen LogP contribution in [0, 0.1) is 0 Å². The summed E-state index contributed by atoms with van der Waals surface area (Å²) in [5, 5.41) is 21.6. The van der Waals surface area contributed by atoms with Gasteiger partial charge in [0.2, 0.25) is 0 Å². The average molecular weight is 247 g/mol. The van der Waals surface area contributed by atoms with Crippen LogP contribution < -0.4 is 5.32 Å². The maximum atomic E-state index is 11.5. The van der Waals surface area contributed by atoms with Crippen LogP contribution in [-0.2, 0) is 9.47 Å². The lowest BCUT2D eigenvalue weighted by Gasteiger charge is -2.36. The smallest absolute Gasteiger partial charge is 0.407 e. The molecule has 0 unspecified atom stereocenters. The molecule has 0 bridgehead atoms. The van der Waals surface area contributed by atoms with E-state index < -0.39 is 30.1 Å². The summed E-state index contributed by atoms with van der Waals surface area (Å²) in [5.74, 6) is 0. The van der Waals surface area contributed by atoms with E-state index in [0.29, 0.717) is 6.42 Å². The van der Waals surface area contributed by atoms with E-state index in [2.05, 4.69) is 5.32 Å². The van der Waals surface area contributed by atoms with E-state index in [1.807, 2.05) is 0 Å². The highest BCUT2D eigenvalue weighted by atomic mass is 16.6. The Morgan fingerprint density at radius 3 is 2.53 bits per heavy atom. The molecule has 0 saturated carbocycles. The van der Waals surface area contributed by atoms with Gasteiger partial charge in [-0.2, -0.15) is 0 Å². The molecule has 3 N–H and O–H groups in total. The molecule has 6 heteroatoms. The van der Waals surface area contributed by atoms with Crippen LogP contribution in [0.4, 0.5) is 4.79 Å². The molecule has 0 aromatic carbocycles. The predicted octanol–water partition coefficient (Wildman–Crippen LogP) is 0.368. The summed E-state index contributed by atoms with van der Waals surface area (Å²) in [7, 11) is 0. The van der Waals surface area contributed by atoms with Crippen molar-refractivity contribution in [2.45, 2.75) is 64.3 Å². The van der Waals surface area contributed by atoms with Crippen LogP contribution in [-0.4, -0.2) is 46.4 Å². The Morgan fingerprint density at radius 2 is 2.00 bits per heavy atom. The molecule has 0 aromatic heterocycles. The molecule has 1 rings (SSSR count). The highest BCUT2D eigenvalue weighted by Crippen LogP contribution is 2.19. The number of carbonyl (C=O) groups excluding carboxylic acids is 1. The Hall–Kier alpha value is -0.850. The molecule has 1 amide bonds. The number of aliphatic hydroxyl groups is 2. The number of hydrogen-bond acceptors (Lipinski definition) is 5. The zero-order valence-electron chi connectivity index (χ0n) is 10.6. The van der Waals surface area contributed by atoms with Crippen molar-refractivity contribution >= 4 is 6.09 Å². The van der Waals surface area contributed by atoms with Crippen molar-refractivity contribution in [2.75, 3.05) is 0 Å². The van der Waals surface area contributed by atoms with Crippen molar-refractivity contribution in [3.63, 3.8) is 0 Å². The number of nitrogens with one attached hydrogen (secondary N) is 1. The largest absolute Gasteiger partial charge is 0.444 e. The zero-order valence-corrected chi connectivity index (χ0v) is 10.6. The van der Waals surface area contributed by atoms with Gasteiger partial charge in [0.15, 0.2) is 6.29 Å². The van der Waals surface area contributed by atoms with Crippen LogP contribution in [0.3, 0.4) is 0 Å². The van der Waals surface area contributed by atoms with E-state index in [1.54, 1.807) is 27.7 Å². The quantitative estimate of drug-likeness (QED) is 0.623. The number of carbonyl (C=O) groups is 1. The van der Waals surface area contributed by atoms with Crippen molar-refractivity contribution in [1.82, 2.24) is 5.32 Å². The van der Waals surface area contributed by atoms with E-state index in [0.717, 1.165) is 0 Å². The molecule has 0 spiro atoms. The van der Waals surface area contributed by atoms with Gasteiger partial charge in [-0.3, -0.25) is 0 Å². The maximum absolute atomic E-state index is 11.5. The SMILES string of the molecule is C[C@@H]1C[C@H](NC(=O)OC(C)(C)C)[C@@H](O)[C@@H](O)O1. The van der Waals surface area contributed by atoms with Crippen LogP contribution in [0.1, 0.15) is 34.1 Å². The van der Waals surface area contributed by atoms with Gasteiger partial charge in [-0.1, -0.05) is 0 Å². The molecule has 0 aliphatic carbocycles. The molecule has 1 saturated heterocycles. The third-order valence-corrected chi connectivity index (χ3v) is 2.36. The lowest BCUT2D eigenvalue weighted by atomic mass is 10.0. The third-order valence-electron chi connectivity index (χ3n) is 2.36. The minimum atomic E-state index is -1.28. The molecular weight excluding hydrogens is 226 g/mol. The molecule has 0 radical (unpaired) electrons. The molecule has 4 atom stereocenters. The van der Waals surface area contributed by atoms with E-state index >= 15 is 0 Å². The maximum Gasteiger partial charge on any atom is 0.407 e. The number of alkyl carbamates (subject to hydrolysis) is 1. The fourth-order valence-electron chi connectivity index (χ4n) is 1.67. The first-order valence-corrected chi connectivity index (χ1v) is 5.70. The second kappa shape index (κ2) is 5.20. The summed E-state index contributed by atoms with van der Waals surface area (Å²) in [4.78, 5) is 11.5. The normalized spacial score (nSPS) is 34.2. The van der Waals surface area contributed by atoms with Crippen molar-refractivity contribution < 1.29 is 24.5 Å². The van der Waals surface area contributed by atoms with E-state index in [9.17, 15) is 15.0 Å². The number of amides is 1. The Bertz CT molecular complexity index is 276. The van der Waals surface area contributed by atoms with Gasteiger partial charge < -0.3 is 25.0 Å². The molecule has 1 aliphatic heterocycles. The fourth-order valence-corrected chi connectivity index (χ4v) is 1.67. The Labute approximate surface area is 101 Å². The van der Waals surface area contributed by atoms with Crippen molar-refractivity contribution in [3.8, 4) is 0 Å². The van der Waals surface area contributed by atoms with Crippen LogP contribution in [0.5, 0.6) is 0 Å². The number of aliphatic hydroxyl groups excluding tert-OH is 2. The lowest BCUT2D eigenvalue weighted by Crippen LogP contribution is -2.55. The summed E-state index contributed by atoms with van der Waals surface area (Å²) in [6.45, 7) is 7.03. The molecule has 0 aromatic rings. The average Bonchev–Trinajstić information content (AvgIpc) is 2.10. The van der Waals surface area contributed by atoms with Crippen molar-refractivity contribution in [2.24, 2.45) is 0 Å². The second-order valence-corrected chi connectivity index (χ2v) is 5.32. The summed E-state index contributed by atoms with van der Waals surface area (Å²) < 4.78 is 10.1. The van der Waals surface area contributed by atoms with E-state index in [1.165, 1.54) is 0 Å². The first kappa shape index (κ1) is 14.2. The summed E-state index contributed by atoms with van der Waals surface area (Å²) in [5.41, 5.74) is -0.593. The lowest BCUT2D eigenvalue weighted by molar-refractivity contribution is -0.219. The Balaban J connectivity index is 2.52. The predicted molar refractivity (Wildman–Crippen MR) is 60.3 cm³/mol. The second-order valence-electron chi connectivity index (χ2n) is 5.32. The van der Waals surface area contributed by atoms with Gasteiger partial charge in [-0.15, -0.1) is 0 Å². The summed E-state index contributed by atoms with van der Waals surface area (Å²) >= 11 is 0. The van der Waals surface area contributed by atoms with Gasteiger partial charge in [0, 0.05) is 0 Å². The zero-order chi connectivity index (χ0) is 13.2.